The van der Waals surface area contributed by atoms with Crippen molar-refractivity contribution in [1.82, 2.24) is 4.98 Å². The van der Waals surface area contributed by atoms with Gasteiger partial charge in [0.1, 0.15) is 0 Å². The summed E-state index contributed by atoms with van der Waals surface area (Å²) in [5, 5.41) is 16.2. The molecule has 1 aliphatic heterocycles. The van der Waals surface area contributed by atoms with E-state index in [-0.39, 0.29) is 18.2 Å². The Kier molecular flexibility index (Phi) is 5.49. The van der Waals surface area contributed by atoms with Gasteiger partial charge in [-0.05, 0) is 18.2 Å². The number of anilines is 2. The standard InChI is InChI=1S/C18H13N5O3S/c19-8-11-2-1-3-13(6-11)21-16(25)7-14-10-27-18(22-14)23-17(26)12-4-5-15(24)20-9-12/h1-6,9-10,12H,7H2,(H,21,25)(H,22,23,26). The van der Waals surface area contributed by atoms with Crippen molar-refractivity contribution in [3.8, 4) is 6.07 Å². The number of carbonyl (C=O) groups is 3. The monoisotopic (exact) mass is 379 g/mol. The fourth-order valence-electron chi connectivity index (χ4n) is 2.26. The first-order valence-corrected chi connectivity index (χ1v) is 8.73. The molecule has 2 heterocycles. The van der Waals surface area contributed by atoms with E-state index in [0.717, 1.165) is 0 Å². The van der Waals surface area contributed by atoms with Crippen molar-refractivity contribution in [2.24, 2.45) is 10.9 Å². The lowest BCUT2D eigenvalue weighted by molar-refractivity contribution is -0.117. The van der Waals surface area contributed by atoms with Gasteiger partial charge in [-0.2, -0.15) is 5.26 Å². The highest BCUT2D eigenvalue weighted by Gasteiger charge is 2.18. The van der Waals surface area contributed by atoms with E-state index >= 15 is 0 Å². The highest BCUT2D eigenvalue weighted by Crippen LogP contribution is 2.18. The molecule has 2 aromatic rings. The smallest absolute Gasteiger partial charge is 0.269 e. The molecule has 1 aromatic heterocycles. The van der Waals surface area contributed by atoms with Gasteiger partial charge >= 0.3 is 0 Å². The minimum Gasteiger partial charge on any atom is -0.326 e. The van der Waals surface area contributed by atoms with Crippen molar-refractivity contribution in [3.63, 3.8) is 0 Å². The first kappa shape index (κ1) is 18.2. The molecule has 0 radical (unpaired) electrons. The third-order valence-corrected chi connectivity index (χ3v) is 4.32. The fraction of sp³-hybridized carbons (Fsp3) is 0.111. The minimum absolute atomic E-state index is 0.0302. The Morgan fingerprint density at radius 1 is 1.30 bits per heavy atom. The summed E-state index contributed by atoms with van der Waals surface area (Å²) in [6.45, 7) is 0. The molecular formula is C18H13N5O3S. The second kappa shape index (κ2) is 8.16. The van der Waals surface area contributed by atoms with Crippen LogP contribution in [0.2, 0.25) is 0 Å². The molecule has 0 aliphatic carbocycles. The molecule has 8 nitrogen and oxygen atoms in total. The van der Waals surface area contributed by atoms with Crippen LogP contribution >= 0.6 is 11.3 Å². The van der Waals surface area contributed by atoms with Gasteiger partial charge in [0.25, 0.3) is 5.91 Å². The normalized spacial score (nSPS) is 15.2. The molecule has 2 N–H and O–H groups in total. The van der Waals surface area contributed by atoms with E-state index in [0.29, 0.717) is 22.1 Å². The fourth-order valence-corrected chi connectivity index (χ4v) is 2.97. The van der Waals surface area contributed by atoms with E-state index in [1.165, 1.54) is 29.7 Å². The summed E-state index contributed by atoms with van der Waals surface area (Å²) in [5.74, 6) is -1.68. The summed E-state index contributed by atoms with van der Waals surface area (Å²) in [6, 6.07) is 8.60. The third-order valence-electron chi connectivity index (χ3n) is 3.51. The van der Waals surface area contributed by atoms with Crippen molar-refractivity contribution in [1.29, 1.82) is 5.26 Å². The molecule has 3 rings (SSSR count). The number of nitrogens with zero attached hydrogens (tertiary/aromatic N) is 3. The number of benzene rings is 1. The lowest BCUT2D eigenvalue weighted by atomic mass is 10.1. The van der Waals surface area contributed by atoms with Crippen molar-refractivity contribution in [3.05, 3.63) is 53.1 Å². The van der Waals surface area contributed by atoms with Crippen molar-refractivity contribution >= 4 is 46.1 Å². The van der Waals surface area contributed by atoms with Gasteiger partial charge in [-0.15, -0.1) is 11.3 Å². The van der Waals surface area contributed by atoms with Crippen LogP contribution < -0.4 is 10.6 Å². The number of nitrogens with one attached hydrogen (secondary N) is 2. The molecule has 0 bridgehead atoms. The van der Waals surface area contributed by atoms with E-state index in [9.17, 15) is 14.4 Å². The highest BCUT2D eigenvalue weighted by molar-refractivity contribution is 7.14. The predicted octanol–water partition coefficient (Wildman–Crippen LogP) is 1.92. The Bertz CT molecular complexity index is 986. The van der Waals surface area contributed by atoms with Gasteiger partial charge in [0.15, 0.2) is 5.13 Å². The summed E-state index contributed by atoms with van der Waals surface area (Å²) < 4.78 is 0. The summed E-state index contributed by atoms with van der Waals surface area (Å²) in [4.78, 5) is 43.0. The number of aromatic nitrogens is 1. The van der Waals surface area contributed by atoms with Crippen LogP contribution in [-0.4, -0.2) is 28.9 Å². The van der Waals surface area contributed by atoms with E-state index in [1.54, 1.807) is 29.6 Å². The molecule has 0 fully saturated rings. The SMILES string of the molecule is N#Cc1cccc(NC(=O)Cc2csc(NC(=O)C3C=CC(=O)N=C3)n2)c1. The Morgan fingerprint density at radius 3 is 2.89 bits per heavy atom. The maximum absolute atomic E-state index is 12.1. The zero-order valence-electron chi connectivity index (χ0n) is 13.9. The number of hydrogen-bond donors (Lipinski definition) is 2. The predicted molar refractivity (Wildman–Crippen MR) is 100 cm³/mol. The molecule has 1 atom stereocenters. The zero-order valence-corrected chi connectivity index (χ0v) is 14.7. The average Bonchev–Trinajstić information content (AvgIpc) is 3.08. The lowest BCUT2D eigenvalue weighted by Crippen LogP contribution is -2.24. The first-order chi connectivity index (χ1) is 13.0. The zero-order chi connectivity index (χ0) is 19.2. The second-order valence-corrected chi connectivity index (χ2v) is 6.41. The van der Waals surface area contributed by atoms with Gasteiger partial charge in [0.05, 0.1) is 29.7 Å². The number of hydrogen-bond acceptors (Lipinski definition) is 6. The van der Waals surface area contributed by atoms with Crippen LogP contribution in [-0.2, 0) is 20.8 Å². The third kappa shape index (κ3) is 4.93. The van der Waals surface area contributed by atoms with E-state index in [2.05, 4.69) is 20.6 Å². The lowest BCUT2D eigenvalue weighted by Gasteiger charge is -2.08. The van der Waals surface area contributed by atoms with Crippen LogP contribution in [0.25, 0.3) is 0 Å². The molecule has 1 aliphatic rings. The van der Waals surface area contributed by atoms with E-state index in [1.807, 2.05) is 6.07 Å². The van der Waals surface area contributed by atoms with Crippen molar-refractivity contribution < 1.29 is 14.4 Å². The quantitative estimate of drug-likeness (QED) is 0.821. The molecule has 0 saturated heterocycles. The molecule has 134 valence electrons. The van der Waals surface area contributed by atoms with Gasteiger partial charge < -0.3 is 10.6 Å². The molecule has 0 saturated carbocycles. The van der Waals surface area contributed by atoms with E-state index in [4.69, 9.17) is 5.26 Å². The Labute approximate surface area is 158 Å². The van der Waals surface area contributed by atoms with Gasteiger partial charge in [-0.25, -0.2) is 9.98 Å². The Hall–Kier alpha value is -3.64. The van der Waals surface area contributed by atoms with Crippen LogP contribution in [0.1, 0.15) is 11.3 Å². The van der Waals surface area contributed by atoms with Crippen LogP contribution in [0.3, 0.4) is 0 Å². The van der Waals surface area contributed by atoms with Gasteiger partial charge in [-0.1, -0.05) is 12.1 Å². The minimum atomic E-state index is -0.634. The summed E-state index contributed by atoms with van der Waals surface area (Å²) >= 11 is 1.20. The number of carbonyl (C=O) groups excluding carboxylic acids is 3. The number of amides is 3. The highest BCUT2D eigenvalue weighted by atomic mass is 32.1. The van der Waals surface area contributed by atoms with Gasteiger partial charge in [0.2, 0.25) is 11.8 Å². The molecule has 9 heteroatoms. The summed E-state index contributed by atoms with van der Waals surface area (Å²) in [6.07, 6.45) is 4.00. The maximum Gasteiger partial charge on any atom is 0.269 e. The molecule has 0 spiro atoms. The van der Waals surface area contributed by atoms with Crippen LogP contribution in [0.5, 0.6) is 0 Å². The van der Waals surface area contributed by atoms with Crippen LogP contribution in [0.15, 0.2) is 46.8 Å². The number of dihydropyridines is 1. The average molecular weight is 379 g/mol. The van der Waals surface area contributed by atoms with Gasteiger partial charge in [0, 0.05) is 23.4 Å². The number of aliphatic imine (C=N–C) groups is 1. The molecule has 1 unspecified atom stereocenters. The van der Waals surface area contributed by atoms with E-state index < -0.39 is 11.8 Å². The number of rotatable bonds is 5. The summed E-state index contributed by atoms with van der Waals surface area (Å²) in [7, 11) is 0. The summed E-state index contributed by atoms with van der Waals surface area (Å²) in [5.41, 5.74) is 1.49. The number of thiazole rings is 1. The van der Waals surface area contributed by atoms with Crippen molar-refractivity contribution in [2.75, 3.05) is 10.6 Å². The molecule has 1 aromatic carbocycles. The topological polar surface area (TPSA) is 124 Å². The second-order valence-electron chi connectivity index (χ2n) is 5.55. The molecular weight excluding hydrogens is 366 g/mol. The maximum atomic E-state index is 12.1. The van der Waals surface area contributed by atoms with Gasteiger partial charge in [-0.3, -0.25) is 14.4 Å². The van der Waals surface area contributed by atoms with Crippen molar-refractivity contribution in [2.45, 2.75) is 6.42 Å². The first-order valence-electron chi connectivity index (χ1n) is 7.85. The largest absolute Gasteiger partial charge is 0.326 e. The molecule has 27 heavy (non-hydrogen) atoms. The van der Waals surface area contributed by atoms with Crippen LogP contribution in [0, 0.1) is 17.2 Å². The Balaban J connectivity index is 1.56. The Morgan fingerprint density at radius 2 is 2.15 bits per heavy atom. The van der Waals surface area contributed by atoms with Crippen LogP contribution in [0.4, 0.5) is 10.8 Å². The number of nitriles is 1. The molecule has 3 amide bonds.